The molecule has 1 aromatic carbocycles. The molecule has 0 saturated heterocycles. The number of rotatable bonds is 4. The number of hydrogen-bond donors (Lipinski definition) is 1. The number of nitrogens with zero attached hydrogens (tertiary/aromatic N) is 2. The lowest BCUT2D eigenvalue weighted by Crippen LogP contribution is -2.14. The van der Waals surface area contributed by atoms with Crippen LogP contribution in [-0.4, -0.2) is 15.9 Å². The zero-order valence-electron chi connectivity index (χ0n) is 13.0. The lowest BCUT2D eigenvalue weighted by atomic mass is 10.1. The maximum Gasteiger partial charge on any atom is 0.230 e. The monoisotopic (exact) mass is 323 g/mol. The summed E-state index contributed by atoms with van der Waals surface area (Å²) in [5.74, 6) is -0.0552. The van der Waals surface area contributed by atoms with Crippen molar-refractivity contribution in [3.8, 4) is 10.4 Å². The molecule has 2 aromatic heterocycles. The van der Waals surface area contributed by atoms with Crippen molar-refractivity contribution in [3.05, 3.63) is 65.6 Å². The van der Waals surface area contributed by atoms with E-state index in [1.807, 2.05) is 50.2 Å². The molecule has 23 heavy (non-hydrogen) atoms. The van der Waals surface area contributed by atoms with E-state index < -0.39 is 0 Å². The normalized spacial score (nSPS) is 10.5. The molecule has 0 bridgehead atoms. The van der Waals surface area contributed by atoms with Gasteiger partial charge < -0.3 is 5.32 Å². The van der Waals surface area contributed by atoms with Crippen LogP contribution in [0.4, 0.5) is 5.13 Å². The first-order valence-electron chi connectivity index (χ1n) is 7.35. The number of carbonyl (C=O) groups is 1. The van der Waals surface area contributed by atoms with Crippen LogP contribution in [0.3, 0.4) is 0 Å². The van der Waals surface area contributed by atoms with Crippen molar-refractivity contribution in [2.75, 3.05) is 5.32 Å². The van der Waals surface area contributed by atoms with Gasteiger partial charge in [-0.15, -0.1) is 0 Å². The summed E-state index contributed by atoms with van der Waals surface area (Å²) in [6.45, 7) is 3.97. The summed E-state index contributed by atoms with van der Waals surface area (Å²) in [7, 11) is 0. The lowest BCUT2D eigenvalue weighted by Gasteiger charge is -2.02. The summed E-state index contributed by atoms with van der Waals surface area (Å²) in [4.78, 5) is 21.8. The topological polar surface area (TPSA) is 54.9 Å². The van der Waals surface area contributed by atoms with Crippen LogP contribution in [-0.2, 0) is 11.2 Å². The molecule has 0 radical (unpaired) electrons. The highest BCUT2D eigenvalue weighted by molar-refractivity contribution is 7.19. The summed E-state index contributed by atoms with van der Waals surface area (Å²) >= 11 is 1.47. The summed E-state index contributed by atoms with van der Waals surface area (Å²) in [6.07, 6.45) is 3.89. The average Bonchev–Trinajstić information content (AvgIpc) is 2.91. The third-order valence-corrected chi connectivity index (χ3v) is 4.57. The molecular weight excluding hydrogens is 306 g/mol. The molecule has 116 valence electrons. The Morgan fingerprint density at radius 3 is 2.65 bits per heavy atom. The van der Waals surface area contributed by atoms with Gasteiger partial charge in [0.1, 0.15) is 0 Å². The maximum absolute atomic E-state index is 12.2. The molecule has 0 fully saturated rings. The van der Waals surface area contributed by atoms with Crippen LogP contribution < -0.4 is 5.32 Å². The summed E-state index contributed by atoms with van der Waals surface area (Å²) in [6, 6.07) is 11.9. The minimum absolute atomic E-state index is 0.0552. The maximum atomic E-state index is 12.2. The minimum Gasteiger partial charge on any atom is -0.302 e. The first-order valence-corrected chi connectivity index (χ1v) is 8.16. The van der Waals surface area contributed by atoms with Gasteiger partial charge in [0.15, 0.2) is 5.13 Å². The largest absolute Gasteiger partial charge is 0.302 e. The number of nitrogens with one attached hydrogen (secondary N) is 1. The second kappa shape index (κ2) is 6.71. The van der Waals surface area contributed by atoms with E-state index in [0.29, 0.717) is 11.6 Å². The third kappa shape index (κ3) is 3.81. The molecule has 0 aliphatic rings. The summed E-state index contributed by atoms with van der Waals surface area (Å²) in [5, 5.41) is 3.51. The van der Waals surface area contributed by atoms with E-state index >= 15 is 0 Å². The Morgan fingerprint density at radius 2 is 1.96 bits per heavy atom. The van der Waals surface area contributed by atoms with Crippen molar-refractivity contribution in [1.82, 2.24) is 9.97 Å². The predicted molar refractivity (Wildman–Crippen MR) is 93.6 cm³/mol. The zero-order valence-corrected chi connectivity index (χ0v) is 13.9. The summed E-state index contributed by atoms with van der Waals surface area (Å²) in [5.41, 5.74) is 4.09. The molecule has 0 aliphatic heterocycles. The highest BCUT2D eigenvalue weighted by atomic mass is 32.1. The fourth-order valence-electron chi connectivity index (χ4n) is 2.27. The van der Waals surface area contributed by atoms with Gasteiger partial charge in [0.2, 0.25) is 5.91 Å². The molecular formula is C18H17N3OS. The van der Waals surface area contributed by atoms with Gasteiger partial charge in [-0.2, -0.15) is 0 Å². The number of thiazole rings is 1. The molecule has 5 heteroatoms. The van der Waals surface area contributed by atoms with Gasteiger partial charge >= 0.3 is 0 Å². The van der Waals surface area contributed by atoms with Gasteiger partial charge in [0.25, 0.3) is 0 Å². The Morgan fingerprint density at radius 1 is 1.17 bits per heavy atom. The number of anilines is 1. The molecule has 0 saturated carbocycles. The van der Waals surface area contributed by atoms with E-state index in [9.17, 15) is 4.79 Å². The fraction of sp³-hybridized carbons (Fsp3) is 0.167. The Balaban J connectivity index is 1.71. The van der Waals surface area contributed by atoms with Crippen LogP contribution in [0, 0.1) is 13.8 Å². The molecule has 0 aliphatic carbocycles. The van der Waals surface area contributed by atoms with Crippen LogP contribution in [0.5, 0.6) is 0 Å². The number of carbonyl (C=O) groups excluding carboxylic acids is 1. The fourth-order valence-corrected chi connectivity index (χ4v) is 3.24. The van der Waals surface area contributed by atoms with Gasteiger partial charge in [-0.3, -0.25) is 9.78 Å². The number of pyridine rings is 1. The molecule has 4 nitrogen and oxygen atoms in total. The van der Waals surface area contributed by atoms with Gasteiger partial charge in [-0.25, -0.2) is 4.98 Å². The van der Waals surface area contributed by atoms with Crippen LogP contribution in [0.15, 0.2) is 48.8 Å². The third-order valence-electron chi connectivity index (χ3n) is 3.45. The van der Waals surface area contributed by atoms with Crippen molar-refractivity contribution in [2.45, 2.75) is 20.3 Å². The molecule has 3 rings (SSSR count). The van der Waals surface area contributed by atoms with Gasteiger partial charge in [0.05, 0.1) is 17.0 Å². The number of benzene rings is 1. The molecule has 1 amide bonds. The molecule has 1 N–H and O–H groups in total. The Labute approximate surface area is 139 Å². The van der Waals surface area contributed by atoms with E-state index in [1.165, 1.54) is 16.9 Å². The zero-order chi connectivity index (χ0) is 16.2. The van der Waals surface area contributed by atoms with Crippen molar-refractivity contribution >= 4 is 22.4 Å². The van der Waals surface area contributed by atoms with Crippen molar-refractivity contribution < 1.29 is 4.79 Å². The van der Waals surface area contributed by atoms with E-state index in [2.05, 4.69) is 15.3 Å². The van der Waals surface area contributed by atoms with Crippen LogP contribution >= 0.6 is 11.3 Å². The van der Waals surface area contributed by atoms with E-state index in [0.717, 1.165) is 21.7 Å². The van der Waals surface area contributed by atoms with Gasteiger partial charge in [-0.1, -0.05) is 47.2 Å². The second-order valence-electron chi connectivity index (χ2n) is 5.39. The first kappa shape index (κ1) is 15.4. The second-order valence-corrected chi connectivity index (χ2v) is 6.38. The van der Waals surface area contributed by atoms with Gasteiger partial charge in [-0.05, 0) is 25.5 Å². The molecule has 2 heterocycles. The smallest absolute Gasteiger partial charge is 0.230 e. The SMILES string of the molecule is Cc1ccc(CC(=O)Nc2nc(C)c(-c3cccnc3)s2)cc1. The molecule has 3 aromatic rings. The predicted octanol–water partition coefficient (Wildman–Crippen LogP) is 4.00. The van der Waals surface area contributed by atoms with E-state index in [-0.39, 0.29) is 5.91 Å². The van der Waals surface area contributed by atoms with Crippen molar-refractivity contribution in [3.63, 3.8) is 0 Å². The Hall–Kier alpha value is -2.53. The quantitative estimate of drug-likeness (QED) is 0.789. The van der Waals surface area contributed by atoms with Crippen LogP contribution in [0.2, 0.25) is 0 Å². The van der Waals surface area contributed by atoms with Gasteiger partial charge in [0, 0.05) is 18.0 Å². The number of aromatic nitrogens is 2. The van der Waals surface area contributed by atoms with Crippen LogP contribution in [0.25, 0.3) is 10.4 Å². The number of amides is 1. The lowest BCUT2D eigenvalue weighted by molar-refractivity contribution is -0.115. The van der Waals surface area contributed by atoms with E-state index in [1.54, 1.807) is 12.4 Å². The number of aryl methyl sites for hydroxylation is 2. The first-order chi connectivity index (χ1) is 11.1. The molecule has 0 atom stereocenters. The summed E-state index contributed by atoms with van der Waals surface area (Å²) < 4.78 is 0. The van der Waals surface area contributed by atoms with E-state index in [4.69, 9.17) is 0 Å². The minimum atomic E-state index is -0.0552. The highest BCUT2D eigenvalue weighted by Gasteiger charge is 2.12. The van der Waals surface area contributed by atoms with Crippen LogP contribution in [0.1, 0.15) is 16.8 Å². The average molecular weight is 323 g/mol. The molecule has 0 spiro atoms. The Bertz CT molecular complexity index is 810. The standard InChI is InChI=1S/C18H17N3OS/c1-12-5-7-14(8-6-12)10-16(22)21-18-20-13(2)17(23-18)15-4-3-9-19-11-15/h3-9,11H,10H2,1-2H3,(H,20,21,22). The number of hydrogen-bond acceptors (Lipinski definition) is 4. The highest BCUT2D eigenvalue weighted by Crippen LogP contribution is 2.32. The van der Waals surface area contributed by atoms with Crippen molar-refractivity contribution in [1.29, 1.82) is 0 Å². The van der Waals surface area contributed by atoms with Crippen molar-refractivity contribution in [2.24, 2.45) is 0 Å². The molecule has 0 unspecified atom stereocenters. The Kier molecular flexibility index (Phi) is 4.48.